The van der Waals surface area contributed by atoms with Gasteiger partial charge in [-0.2, -0.15) is 0 Å². The molecule has 0 amide bonds. The number of benzene rings is 1. The molecule has 0 spiro atoms. The summed E-state index contributed by atoms with van der Waals surface area (Å²) in [5, 5.41) is 0. The summed E-state index contributed by atoms with van der Waals surface area (Å²) in [4.78, 5) is 12.0. The molecular formula is C16H18O2. The Morgan fingerprint density at radius 3 is 2.72 bits per heavy atom. The molecule has 2 rings (SSSR count). The molecule has 0 saturated carbocycles. The van der Waals surface area contributed by atoms with Crippen LogP contribution in [0.1, 0.15) is 25.8 Å². The van der Waals surface area contributed by atoms with Crippen molar-refractivity contribution in [1.29, 1.82) is 0 Å². The van der Waals surface area contributed by atoms with Crippen molar-refractivity contribution in [3.05, 3.63) is 54.1 Å². The molecule has 0 aliphatic heterocycles. The lowest BCUT2D eigenvalue weighted by molar-refractivity contribution is -0.151. The Kier molecular flexibility index (Phi) is 3.66. The third-order valence-corrected chi connectivity index (χ3v) is 3.21. The molecule has 2 heteroatoms. The molecule has 0 N–H and O–H groups in total. The average molecular weight is 242 g/mol. The quantitative estimate of drug-likeness (QED) is 0.757. The summed E-state index contributed by atoms with van der Waals surface area (Å²) in [7, 11) is 0. The molecule has 18 heavy (non-hydrogen) atoms. The summed E-state index contributed by atoms with van der Waals surface area (Å²) in [6.07, 6.45) is 6.63. The van der Waals surface area contributed by atoms with Gasteiger partial charge in [0.2, 0.25) is 0 Å². The average Bonchev–Trinajstić information content (AvgIpc) is 2.40. The van der Waals surface area contributed by atoms with Crippen LogP contribution in [-0.4, -0.2) is 12.6 Å². The first-order chi connectivity index (χ1) is 8.65. The zero-order valence-electron chi connectivity index (χ0n) is 10.8. The van der Waals surface area contributed by atoms with Gasteiger partial charge in [-0.3, -0.25) is 4.79 Å². The van der Waals surface area contributed by atoms with Crippen molar-refractivity contribution in [2.24, 2.45) is 5.41 Å². The van der Waals surface area contributed by atoms with Crippen LogP contribution in [0.2, 0.25) is 0 Å². The van der Waals surface area contributed by atoms with E-state index in [2.05, 4.69) is 18.2 Å². The van der Waals surface area contributed by atoms with E-state index in [4.69, 9.17) is 4.74 Å². The Labute approximate surface area is 108 Å². The molecule has 0 fully saturated rings. The Balaban J connectivity index is 2.21. The highest BCUT2D eigenvalue weighted by atomic mass is 16.5. The molecule has 2 nitrogen and oxygen atoms in total. The lowest BCUT2D eigenvalue weighted by Crippen LogP contribution is -2.29. The second-order valence-electron chi connectivity index (χ2n) is 4.73. The molecule has 0 bridgehead atoms. The number of ether oxygens (including phenoxy) is 1. The van der Waals surface area contributed by atoms with E-state index in [1.807, 2.05) is 44.2 Å². The van der Waals surface area contributed by atoms with E-state index in [0.717, 1.165) is 5.56 Å². The maximum atomic E-state index is 12.0. The van der Waals surface area contributed by atoms with Crippen molar-refractivity contribution in [2.45, 2.75) is 20.3 Å². The first kappa shape index (κ1) is 12.6. The summed E-state index contributed by atoms with van der Waals surface area (Å²) in [6, 6.07) is 10.1. The van der Waals surface area contributed by atoms with E-state index >= 15 is 0 Å². The minimum atomic E-state index is -0.546. The fraction of sp³-hybridized carbons (Fsp3) is 0.312. The summed E-state index contributed by atoms with van der Waals surface area (Å²) in [5.41, 5.74) is 1.79. The monoisotopic (exact) mass is 242 g/mol. The molecule has 1 aromatic rings. The molecule has 1 aliphatic rings. The van der Waals surface area contributed by atoms with Crippen molar-refractivity contribution < 1.29 is 9.53 Å². The summed E-state index contributed by atoms with van der Waals surface area (Å²) in [5.74, 6) is -0.150. The number of rotatable bonds is 3. The summed E-state index contributed by atoms with van der Waals surface area (Å²) >= 11 is 0. The second kappa shape index (κ2) is 5.21. The van der Waals surface area contributed by atoms with Gasteiger partial charge in [0.05, 0.1) is 12.0 Å². The maximum Gasteiger partial charge on any atom is 0.315 e. The van der Waals surface area contributed by atoms with E-state index in [1.54, 1.807) is 0 Å². The number of allylic oxidation sites excluding steroid dienone is 3. The van der Waals surface area contributed by atoms with Crippen LogP contribution < -0.4 is 0 Å². The molecule has 1 unspecified atom stereocenters. The predicted molar refractivity (Wildman–Crippen MR) is 72.9 cm³/mol. The molecule has 0 aromatic heterocycles. The largest absolute Gasteiger partial charge is 0.465 e. The van der Waals surface area contributed by atoms with Crippen LogP contribution in [0, 0.1) is 5.41 Å². The molecule has 1 aromatic carbocycles. The molecule has 1 atom stereocenters. The van der Waals surface area contributed by atoms with Gasteiger partial charge in [-0.15, -0.1) is 0 Å². The lowest BCUT2D eigenvalue weighted by atomic mass is 9.78. The molecular weight excluding hydrogens is 224 g/mol. The number of esters is 1. The first-order valence-corrected chi connectivity index (χ1v) is 6.27. The zero-order valence-corrected chi connectivity index (χ0v) is 10.8. The van der Waals surface area contributed by atoms with E-state index in [-0.39, 0.29) is 5.97 Å². The van der Waals surface area contributed by atoms with E-state index in [9.17, 15) is 4.79 Å². The van der Waals surface area contributed by atoms with E-state index < -0.39 is 5.41 Å². The van der Waals surface area contributed by atoms with Gasteiger partial charge in [-0.05, 0) is 31.4 Å². The van der Waals surface area contributed by atoms with Gasteiger partial charge in [-0.25, -0.2) is 0 Å². The van der Waals surface area contributed by atoms with Crippen molar-refractivity contribution in [2.75, 3.05) is 6.61 Å². The van der Waals surface area contributed by atoms with Crippen LogP contribution in [-0.2, 0) is 9.53 Å². The minimum absolute atomic E-state index is 0.150. The standard InChI is InChI=1S/C16H18O2/c1-3-18-15(17)16(2)11-7-10-14(12-16)13-8-5-4-6-9-13/h4-11H,3,12H2,1-2H3. The fourth-order valence-corrected chi connectivity index (χ4v) is 2.18. The topological polar surface area (TPSA) is 26.3 Å². The first-order valence-electron chi connectivity index (χ1n) is 6.27. The third-order valence-electron chi connectivity index (χ3n) is 3.21. The van der Waals surface area contributed by atoms with Crippen LogP contribution >= 0.6 is 0 Å². The lowest BCUT2D eigenvalue weighted by Gasteiger charge is -2.27. The van der Waals surface area contributed by atoms with Crippen LogP contribution in [0.25, 0.3) is 5.57 Å². The fourth-order valence-electron chi connectivity index (χ4n) is 2.18. The highest BCUT2D eigenvalue weighted by molar-refractivity contribution is 5.84. The molecule has 94 valence electrons. The summed E-state index contributed by atoms with van der Waals surface area (Å²) < 4.78 is 5.15. The van der Waals surface area contributed by atoms with Crippen LogP contribution in [0.4, 0.5) is 0 Å². The third kappa shape index (κ3) is 2.53. The molecule has 0 saturated heterocycles. The molecule has 0 heterocycles. The van der Waals surface area contributed by atoms with Crippen molar-refractivity contribution in [3.8, 4) is 0 Å². The number of carbonyl (C=O) groups is 1. The highest BCUT2D eigenvalue weighted by Crippen LogP contribution is 2.36. The Hall–Kier alpha value is -1.83. The van der Waals surface area contributed by atoms with Gasteiger partial charge in [0.25, 0.3) is 0 Å². The number of carbonyl (C=O) groups excluding carboxylic acids is 1. The van der Waals surface area contributed by atoms with Gasteiger partial charge >= 0.3 is 5.97 Å². The number of hydrogen-bond donors (Lipinski definition) is 0. The van der Waals surface area contributed by atoms with Crippen molar-refractivity contribution in [1.82, 2.24) is 0 Å². The van der Waals surface area contributed by atoms with E-state index in [1.165, 1.54) is 5.57 Å². The predicted octanol–water partition coefficient (Wildman–Crippen LogP) is 3.60. The smallest absolute Gasteiger partial charge is 0.315 e. The number of hydrogen-bond acceptors (Lipinski definition) is 2. The van der Waals surface area contributed by atoms with Gasteiger partial charge in [-0.1, -0.05) is 48.6 Å². The minimum Gasteiger partial charge on any atom is -0.465 e. The maximum absolute atomic E-state index is 12.0. The Bertz CT molecular complexity index is 485. The molecule has 1 aliphatic carbocycles. The van der Waals surface area contributed by atoms with Crippen LogP contribution in [0.15, 0.2) is 48.6 Å². The molecule has 0 radical (unpaired) electrons. The van der Waals surface area contributed by atoms with Crippen LogP contribution in [0.3, 0.4) is 0 Å². The van der Waals surface area contributed by atoms with Gasteiger partial charge in [0.1, 0.15) is 0 Å². The van der Waals surface area contributed by atoms with Gasteiger partial charge < -0.3 is 4.74 Å². The van der Waals surface area contributed by atoms with Gasteiger partial charge in [0.15, 0.2) is 0 Å². The Morgan fingerprint density at radius 2 is 2.06 bits per heavy atom. The normalized spacial score (nSPS) is 22.4. The SMILES string of the molecule is CCOC(=O)C1(C)C=CC=C(c2ccccc2)C1. The van der Waals surface area contributed by atoms with Crippen LogP contribution in [0.5, 0.6) is 0 Å². The Morgan fingerprint density at radius 1 is 1.33 bits per heavy atom. The zero-order chi connectivity index (χ0) is 13.0. The summed E-state index contributed by atoms with van der Waals surface area (Å²) in [6.45, 7) is 4.19. The van der Waals surface area contributed by atoms with Crippen molar-refractivity contribution in [3.63, 3.8) is 0 Å². The van der Waals surface area contributed by atoms with Crippen molar-refractivity contribution >= 4 is 11.5 Å². The van der Waals surface area contributed by atoms with E-state index in [0.29, 0.717) is 13.0 Å². The highest BCUT2D eigenvalue weighted by Gasteiger charge is 2.34. The second-order valence-corrected chi connectivity index (χ2v) is 4.73. The van der Waals surface area contributed by atoms with Gasteiger partial charge in [0, 0.05) is 0 Å².